The predicted octanol–water partition coefficient (Wildman–Crippen LogP) is 13.7. The standard InChI is InChI=1S/C55H37N5/c1-5-15-38(16-6-1)46-23-13-24-47(35-46)39-27-31-44(32-28-39)54-58-53(43-21-11-4-12-22-43)59-55(60-54)45-33-29-40(30-34-45)48-25-14-26-49(36-48)51-37-50(41-17-7-2-8-18-41)56-52(57-51)42-19-9-3-10-20-42/h1-37H. The first-order valence-corrected chi connectivity index (χ1v) is 20.0. The Balaban J connectivity index is 0.970. The normalized spacial score (nSPS) is 11.0. The average Bonchev–Trinajstić information content (AvgIpc) is 3.35. The van der Waals surface area contributed by atoms with E-state index < -0.39 is 0 Å². The summed E-state index contributed by atoms with van der Waals surface area (Å²) in [5, 5.41) is 0. The third-order valence-corrected chi connectivity index (χ3v) is 10.6. The maximum absolute atomic E-state index is 5.06. The van der Waals surface area contributed by atoms with Crippen molar-refractivity contribution in [2.45, 2.75) is 0 Å². The van der Waals surface area contributed by atoms with Gasteiger partial charge in [0.25, 0.3) is 0 Å². The van der Waals surface area contributed by atoms with Gasteiger partial charge in [-0.2, -0.15) is 0 Å². The van der Waals surface area contributed by atoms with Gasteiger partial charge in [-0.05, 0) is 51.6 Å². The molecule has 10 aromatic rings. The highest BCUT2D eigenvalue weighted by Crippen LogP contribution is 2.33. The molecule has 0 unspecified atom stereocenters. The molecule has 0 N–H and O–H groups in total. The second kappa shape index (κ2) is 16.4. The lowest BCUT2D eigenvalue weighted by Crippen LogP contribution is -2.00. The van der Waals surface area contributed by atoms with Crippen molar-refractivity contribution in [3.05, 3.63) is 224 Å². The number of hydrogen-bond donors (Lipinski definition) is 0. The number of nitrogens with zero attached hydrogens (tertiary/aromatic N) is 5. The van der Waals surface area contributed by atoms with Crippen LogP contribution >= 0.6 is 0 Å². The Morgan fingerprint density at radius 3 is 0.867 bits per heavy atom. The van der Waals surface area contributed by atoms with Crippen LogP contribution in [0.1, 0.15) is 0 Å². The lowest BCUT2D eigenvalue weighted by atomic mass is 9.98. The van der Waals surface area contributed by atoms with Crippen LogP contribution < -0.4 is 0 Å². The molecule has 0 fully saturated rings. The average molecular weight is 768 g/mol. The molecule has 0 saturated heterocycles. The summed E-state index contributed by atoms with van der Waals surface area (Å²) in [7, 11) is 0. The second-order valence-electron chi connectivity index (χ2n) is 14.5. The summed E-state index contributed by atoms with van der Waals surface area (Å²) in [5.74, 6) is 2.55. The molecule has 0 spiro atoms. The highest BCUT2D eigenvalue weighted by molar-refractivity contribution is 5.78. The first-order chi connectivity index (χ1) is 29.7. The van der Waals surface area contributed by atoms with Gasteiger partial charge in [-0.15, -0.1) is 0 Å². The molecule has 0 amide bonds. The van der Waals surface area contributed by atoms with Crippen molar-refractivity contribution < 1.29 is 0 Å². The van der Waals surface area contributed by atoms with E-state index in [2.05, 4.69) is 140 Å². The van der Waals surface area contributed by atoms with Gasteiger partial charge in [0.1, 0.15) is 0 Å². The summed E-state index contributed by atoms with van der Waals surface area (Å²) in [6.07, 6.45) is 0. The van der Waals surface area contributed by atoms with Crippen molar-refractivity contribution in [3.63, 3.8) is 0 Å². The smallest absolute Gasteiger partial charge is 0.164 e. The molecular formula is C55H37N5. The van der Waals surface area contributed by atoms with Gasteiger partial charge in [-0.1, -0.05) is 206 Å². The zero-order valence-electron chi connectivity index (χ0n) is 32.6. The van der Waals surface area contributed by atoms with Gasteiger partial charge >= 0.3 is 0 Å². The predicted molar refractivity (Wildman–Crippen MR) is 244 cm³/mol. The first kappa shape index (κ1) is 36.2. The van der Waals surface area contributed by atoms with Crippen molar-refractivity contribution >= 4 is 0 Å². The fraction of sp³-hybridized carbons (Fsp3) is 0. The van der Waals surface area contributed by atoms with Crippen LogP contribution in [0.4, 0.5) is 0 Å². The van der Waals surface area contributed by atoms with Crippen LogP contribution in [0.25, 0.3) is 101 Å². The SMILES string of the molecule is c1ccc(-c2cccc(-c3ccc(-c4nc(-c5ccccc5)nc(-c5ccc(-c6cccc(-c7cc(-c8ccccc8)nc(-c8ccccc8)n7)c6)cc5)n4)cc3)c2)cc1. The van der Waals surface area contributed by atoms with Crippen LogP contribution in [0.15, 0.2) is 224 Å². The Hall–Kier alpha value is -8.15. The van der Waals surface area contributed by atoms with Gasteiger partial charge in [-0.3, -0.25) is 0 Å². The maximum Gasteiger partial charge on any atom is 0.164 e. The minimum atomic E-state index is 0.613. The zero-order chi connectivity index (χ0) is 40.1. The molecule has 2 heterocycles. The summed E-state index contributed by atoms with van der Waals surface area (Å²) >= 11 is 0. The number of rotatable bonds is 9. The van der Waals surface area contributed by atoms with Gasteiger partial charge in [-0.25, -0.2) is 24.9 Å². The molecule has 0 radical (unpaired) electrons. The molecule has 8 aromatic carbocycles. The van der Waals surface area contributed by atoms with Crippen molar-refractivity contribution in [3.8, 4) is 101 Å². The monoisotopic (exact) mass is 767 g/mol. The fourth-order valence-electron chi connectivity index (χ4n) is 7.41. The minimum Gasteiger partial charge on any atom is -0.228 e. The van der Waals surface area contributed by atoms with E-state index in [0.29, 0.717) is 23.3 Å². The van der Waals surface area contributed by atoms with E-state index in [-0.39, 0.29) is 0 Å². The van der Waals surface area contributed by atoms with Crippen LogP contribution in [0.5, 0.6) is 0 Å². The Bertz CT molecular complexity index is 2990. The van der Waals surface area contributed by atoms with E-state index in [0.717, 1.165) is 67.0 Å². The van der Waals surface area contributed by atoms with Crippen molar-refractivity contribution in [2.75, 3.05) is 0 Å². The van der Waals surface area contributed by atoms with Gasteiger partial charge in [0.05, 0.1) is 11.4 Å². The second-order valence-corrected chi connectivity index (χ2v) is 14.5. The molecule has 5 nitrogen and oxygen atoms in total. The van der Waals surface area contributed by atoms with Crippen LogP contribution in [0, 0.1) is 0 Å². The van der Waals surface area contributed by atoms with E-state index >= 15 is 0 Å². The topological polar surface area (TPSA) is 64.5 Å². The highest BCUT2D eigenvalue weighted by Gasteiger charge is 2.15. The lowest BCUT2D eigenvalue weighted by Gasteiger charge is -2.11. The van der Waals surface area contributed by atoms with Crippen LogP contribution in [-0.2, 0) is 0 Å². The molecule has 0 aliphatic rings. The van der Waals surface area contributed by atoms with Gasteiger partial charge < -0.3 is 0 Å². The van der Waals surface area contributed by atoms with E-state index in [4.69, 9.17) is 24.9 Å². The Kier molecular flexibility index (Phi) is 9.88. The molecule has 0 aliphatic carbocycles. The molecule has 0 atom stereocenters. The van der Waals surface area contributed by atoms with Crippen LogP contribution in [0.2, 0.25) is 0 Å². The summed E-state index contributed by atoms with van der Waals surface area (Å²) < 4.78 is 0. The zero-order valence-corrected chi connectivity index (χ0v) is 32.6. The molecular weight excluding hydrogens is 731 g/mol. The molecule has 0 aliphatic heterocycles. The van der Waals surface area contributed by atoms with Crippen LogP contribution in [0.3, 0.4) is 0 Å². The van der Waals surface area contributed by atoms with E-state index in [1.54, 1.807) is 0 Å². The molecule has 5 heteroatoms. The molecule has 10 rings (SSSR count). The summed E-state index contributed by atoms with van der Waals surface area (Å²) in [6, 6.07) is 77.1. The largest absolute Gasteiger partial charge is 0.228 e. The molecule has 0 bridgehead atoms. The number of benzene rings is 8. The van der Waals surface area contributed by atoms with E-state index in [9.17, 15) is 0 Å². The maximum atomic E-state index is 5.06. The van der Waals surface area contributed by atoms with Gasteiger partial charge in [0.2, 0.25) is 0 Å². The molecule has 60 heavy (non-hydrogen) atoms. The molecule has 2 aromatic heterocycles. The molecule has 282 valence electrons. The van der Waals surface area contributed by atoms with Crippen molar-refractivity contribution in [1.82, 2.24) is 24.9 Å². The Morgan fingerprint density at radius 2 is 0.433 bits per heavy atom. The number of aromatic nitrogens is 5. The van der Waals surface area contributed by atoms with Crippen LogP contribution in [-0.4, -0.2) is 24.9 Å². The van der Waals surface area contributed by atoms with Gasteiger partial charge in [0.15, 0.2) is 23.3 Å². The third kappa shape index (κ3) is 7.76. The first-order valence-electron chi connectivity index (χ1n) is 20.0. The summed E-state index contributed by atoms with van der Waals surface area (Å²) in [4.78, 5) is 25.0. The van der Waals surface area contributed by atoms with Crippen molar-refractivity contribution in [2.24, 2.45) is 0 Å². The summed E-state index contributed by atoms with van der Waals surface area (Å²) in [5.41, 5.74) is 14.3. The van der Waals surface area contributed by atoms with E-state index in [1.807, 2.05) is 84.9 Å². The van der Waals surface area contributed by atoms with Crippen molar-refractivity contribution in [1.29, 1.82) is 0 Å². The Morgan fingerprint density at radius 1 is 0.167 bits per heavy atom. The van der Waals surface area contributed by atoms with E-state index in [1.165, 1.54) is 11.1 Å². The highest BCUT2D eigenvalue weighted by atomic mass is 15.0. The lowest BCUT2D eigenvalue weighted by molar-refractivity contribution is 1.07. The summed E-state index contributed by atoms with van der Waals surface area (Å²) in [6.45, 7) is 0. The third-order valence-electron chi connectivity index (χ3n) is 10.6. The minimum absolute atomic E-state index is 0.613. The quantitative estimate of drug-likeness (QED) is 0.146. The van der Waals surface area contributed by atoms with Gasteiger partial charge in [0, 0.05) is 33.4 Å². The fourth-order valence-corrected chi connectivity index (χ4v) is 7.41. The Labute approximate surface area is 349 Å². The number of hydrogen-bond acceptors (Lipinski definition) is 5. The molecule has 0 saturated carbocycles.